The van der Waals surface area contributed by atoms with Gasteiger partial charge in [0, 0.05) is 62.1 Å². The quantitative estimate of drug-likeness (QED) is 0.0629. The van der Waals surface area contributed by atoms with Crippen LogP contribution in [0.3, 0.4) is 0 Å². The summed E-state index contributed by atoms with van der Waals surface area (Å²) in [5.74, 6) is -0.398. The SMILES string of the molecule is O=C(O)CCOCCCC(=O)COc1cccc(C(=O)NCCNC(=O)CCOCCNC(=O)CCCC[C@@H]2SC[C@@H]3NC(=O)N[C@@H]32)c1. The van der Waals surface area contributed by atoms with Crippen molar-refractivity contribution in [2.24, 2.45) is 0 Å². The maximum atomic E-state index is 12.5. The molecule has 6 N–H and O–H groups in total. The number of carbonyl (C=O) groups excluding carboxylic acids is 5. The Hall–Kier alpha value is -3.89. The minimum absolute atomic E-state index is 0.0360. The van der Waals surface area contributed by atoms with Crippen molar-refractivity contribution < 1.29 is 48.1 Å². The lowest BCUT2D eigenvalue weighted by atomic mass is 10.0. The van der Waals surface area contributed by atoms with Crippen molar-refractivity contribution in [2.45, 2.75) is 68.7 Å². The van der Waals surface area contributed by atoms with Crippen molar-refractivity contribution in [3.8, 4) is 5.75 Å². The zero-order valence-corrected chi connectivity index (χ0v) is 27.9. The number of benzene rings is 1. The van der Waals surface area contributed by atoms with Gasteiger partial charge < -0.3 is 45.9 Å². The molecule has 2 heterocycles. The molecular weight excluding hydrogens is 646 g/mol. The smallest absolute Gasteiger partial charge is 0.315 e. The van der Waals surface area contributed by atoms with E-state index in [0.29, 0.717) is 42.6 Å². The highest BCUT2D eigenvalue weighted by Gasteiger charge is 2.42. The van der Waals surface area contributed by atoms with E-state index in [0.717, 1.165) is 25.0 Å². The number of carbonyl (C=O) groups is 6. The number of ether oxygens (including phenoxy) is 3. The Morgan fingerprint density at radius 2 is 1.58 bits per heavy atom. The van der Waals surface area contributed by atoms with Crippen LogP contribution in [-0.2, 0) is 28.7 Å². The Bertz CT molecular complexity index is 1240. The van der Waals surface area contributed by atoms with Gasteiger partial charge in [-0.15, -0.1) is 0 Å². The molecule has 15 nitrogen and oxygen atoms in total. The van der Waals surface area contributed by atoms with E-state index in [4.69, 9.17) is 19.3 Å². The van der Waals surface area contributed by atoms with Crippen molar-refractivity contribution in [2.75, 3.05) is 58.4 Å². The predicted molar refractivity (Wildman–Crippen MR) is 177 cm³/mol. The lowest BCUT2D eigenvalue weighted by Gasteiger charge is -2.16. The largest absolute Gasteiger partial charge is 0.486 e. The van der Waals surface area contributed by atoms with Gasteiger partial charge in [0.2, 0.25) is 11.8 Å². The number of rotatable bonds is 25. The van der Waals surface area contributed by atoms with Gasteiger partial charge in [-0.25, -0.2) is 4.79 Å². The van der Waals surface area contributed by atoms with E-state index in [1.165, 1.54) is 6.07 Å². The summed E-state index contributed by atoms with van der Waals surface area (Å²) in [6.45, 7) is 1.54. The van der Waals surface area contributed by atoms with E-state index in [9.17, 15) is 28.8 Å². The van der Waals surface area contributed by atoms with Gasteiger partial charge in [-0.3, -0.25) is 24.0 Å². The summed E-state index contributed by atoms with van der Waals surface area (Å²) in [7, 11) is 0. The average molecular weight is 694 g/mol. The number of fused-ring (bicyclic) bond motifs is 1. The Balaban J connectivity index is 1.13. The van der Waals surface area contributed by atoms with Crippen LogP contribution in [0.2, 0.25) is 0 Å². The van der Waals surface area contributed by atoms with Gasteiger partial charge in [0.05, 0.1) is 38.3 Å². The third-order valence-corrected chi connectivity index (χ3v) is 9.06. The molecule has 0 aliphatic carbocycles. The minimum Gasteiger partial charge on any atom is -0.486 e. The third-order valence-electron chi connectivity index (χ3n) is 7.56. The molecule has 0 saturated carbocycles. The minimum atomic E-state index is -0.937. The van der Waals surface area contributed by atoms with Crippen molar-refractivity contribution in [3.63, 3.8) is 0 Å². The summed E-state index contributed by atoms with van der Waals surface area (Å²) in [5, 5.41) is 23.1. The van der Waals surface area contributed by atoms with Crippen molar-refractivity contribution in [1.29, 1.82) is 0 Å². The van der Waals surface area contributed by atoms with Crippen LogP contribution in [0.5, 0.6) is 5.75 Å². The Labute approximate surface area is 284 Å². The number of aliphatic carboxylic acids is 1. The third kappa shape index (κ3) is 15.3. The first-order valence-electron chi connectivity index (χ1n) is 16.3. The highest BCUT2D eigenvalue weighted by Crippen LogP contribution is 2.33. The van der Waals surface area contributed by atoms with Gasteiger partial charge in [0.15, 0.2) is 5.78 Å². The fraction of sp³-hybridized carbons (Fsp3) is 0.625. The Morgan fingerprint density at radius 3 is 2.42 bits per heavy atom. The first-order chi connectivity index (χ1) is 23.2. The molecule has 1 aromatic carbocycles. The van der Waals surface area contributed by atoms with Gasteiger partial charge >= 0.3 is 12.0 Å². The van der Waals surface area contributed by atoms with E-state index in [1.807, 2.05) is 11.8 Å². The zero-order chi connectivity index (χ0) is 34.6. The maximum absolute atomic E-state index is 12.5. The standard InChI is InChI=1S/C32H47N5O10S/c38-23(6-4-15-45-17-11-29(41)42)20-47-24-7-3-5-22(19-24)31(43)35-13-12-33-28(40)10-16-46-18-14-34-27(39)9-2-1-8-26-30-25(21-48-26)36-32(44)37-30/h3,5,7,19,25-26,30H,1-2,4,6,8-18,20-21H2,(H,33,40)(H,34,39)(H,35,43)(H,41,42)(H2,36,37,44)/t25-,26-,30-/m0/s1. The summed E-state index contributed by atoms with van der Waals surface area (Å²) in [6, 6.07) is 6.72. The van der Waals surface area contributed by atoms with Crippen LogP contribution in [0.1, 0.15) is 61.7 Å². The number of ketones is 1. The van der Waals surface area contributed by atoms with E-state index in [1.54, 1.807) is 18.2 Å². The maximum Gasteiger partial charge on any atom is 0.315 e. The Morgan fingerprint density at radius 1 is 0.833 bits per heavy atom. The van der Waals surface area contributed by atoms with Gasteiger partial charge in [-0.1, -0.05) is 12.5 Å². The molecule has 0 aromatic heterocycles. The molecule has 1 aromatic rings. The number of carboxylic acid groups (broad SMARTS) is 1. The second-order valence-electron chi connectivity index (χ2n) is 11.4. The average Bonchev–Trinajstić information content (AvgIpc) is 3.62. The monoisotopic (exact) mass is 693 g/mol. The summed E-state index contributed by atoms with van der Waals surface area (Å²) in [6.07, 6.45) is 3.86. The van der Waals surface area contributed by atoms with E-state index < -0.39 is 5.97 Å². The number of thioether (sulfide) groups is 1. The van der Waals surface area contributed by atoms with Crippen LogP contribution in [-0.4, -0.2) is 116 Å². The molecule has 2 fully saturated rings. The van der Waals surface area contributed by atoms with Crippen LogP contribution in [0, 0.1) is 0 Å². The van der Waals surface area contributed by atoms with Crippen LogP contribution in [0.4, 0.5) is 4.79 Å². The number of urea groups is 1. The molecular formula is C32H47N5O10S. The number of nitrogens with one attached hydrogen (secondary N) is 5. The summed E-state index contributed by atoms with van der Waals surface area (Å²) < 4.78 is 16.1. The fourth-order valence-electron chi connectivity index (χ4n) is 5.06. The van der Waals surface area contributed by atoms with Crippen molar-refractivity contribution in [1.82, 2.24) is 26.6 Å². The van der Waals surface area contributed by atoms with Gasteiger partial charge in [0.1, 0.15) is 12.4 Å². The molecule has 0 unspecified atom stereocenters. The lowest BCUT2D eigenvalue weighted by Crippen LogP contribution is -2.36. The van der Waals surface area contributed by atoms with Gasteiger partial charge in [-0.2, -0.15) is 11.8 Å². The number of Topliss-reactive ketones (excluding diaryl/α,β-unsaturated/α-hetero) is 1. The molecule has 266 valence electrons. The first kappa shape index (κ1) is 38.6. The molecule has 3 rings (SSSR count). The highest BCUT2D eigenvalue weighted by molar-refractivity contribution is 8.00. The second-order valence-corrected chi connectivity index (χ2v) is 12.7. The Kier molecular flexibility index (Phi) is 17.6. The summed E-state index contributed by atoms with van der Waals surface area (Å²) in [5.41, 5.74) is 0.345. The van der Waals surface area contributed by atoms with Crippen molar-refractivity contribution in [3.05, 3.63) is 29.8 Å². The van der Waals surface area contributed by atoms with E-state index in [2.05, 4.69) is 26.6 Å². The molecule has 2 saturated heterocycles. The second kappa shape index (κ2) is 21.9. The highest BCUT2D eigenvalue weighted by atomic mass is 32.2. The molecule has 16 heteroatoms. The van der Waals surface area contributed by atoms with E-state index >= 15 is 0 Å². The zero-order valence-electron chi connectivity index (χ0n) is 27.1. The van der Waals surface area contributed by atoms with Gasteiger partial charge in [-0.05, 0) is 37.5 Å². The summed E-state index contributed by atoms with van der Waals surface area (Å²) in [4.78, 5) is 70.5. The molecule has 2 aliphatic heterocycles. The predicted octanol–water partition coefficient (Wildman–Crippen LogP) is 1.00. The van der Waals surface area contributed by atoms with Crippen LogP contribution >= 0.6 is 11.8 Å². The molecule has 2 aliphatic rings. The van der Waals surface area contributed by atoms with Crippen molar-refractivity contribution >= 4 is 47.3 Å². The molecule has 5 amide bonds. The fourth-order valence-corrected chi connectivity index (χ4v) is 6.60. The molecule has 48 heavy (non-hydrogen) atoms. The number of amides is 5. The molecule has 0 bridgehead atoms. The normalized spacial score (nSPS) is 17.9. The van der Waals surface area contributed by atoms with Gasteiger partial charge in [0.25, 0.3) is 5.91 Å². The van der Waals surface area contributed by atoms with Crippen LogP contribution < -0.4 is 31.3 Å². The van der Waals surface area contributed by atoms with Crippen LogP contribution in [0.25, 0.3) is 0 Å². The topological polar surface area (TPSA) is 210 Å². The lowest BCUT2D eigenvalue weighted by molar-refractivity contribution is -0.138. The number of carboxylic acids is 1. The molecule has 3 atom stereocenters. The molecule has 0 spiro atoms. The number of hydrogen-bond donors (Lipinski definition) is 6. The number of hydrogen-bond acceptors (Lipinski definition) is 10. The molecule has 0 radical (unpaired) electrons. The number of unbranched alkanes of at least 4 members (excludes halogenated alkanes) is 1. The summed E-state index contributed by atoms with van der Waals surface area (Å²) >= 11 is 1.87. The first-order valence-corrected chi connectivity index (χ1v) is 17.4. The van der Waals surface area contributed by atoms with E-state index in [-0.39, 0.29) is 100 Å². The van der Waals surface area contributed by atoms with Crippen LogP contribution in [0.15, 0.2) is 24.3 Å².